The van der Waals surface area contributed by atoms with Crippen molar-refractivity contribution in [3.05, 3.63) is 83.9 Å². The summed E-state index contributed by atoms with van der Waals surface area (Å²) in [6, 6.07) is 20.5. The first-order valence-corrected chi connectivity index (χ1v) is 18.2. The van der Waals surface area contributed by atoms with Gasteiger partial charge >= 0.3 is 0 Å². The van der Waals surface area contributed by atoms with Crippen molar-refractivity contribution in [2.24, 2.45) is 5.92 Å². The highest BCUT2D eigenvalue weighted by atomic mass is 28.4. The monoisotopic (exact) mass is 598 g/mol. The zero-order valence-corrected chi connectivity index (χ0v) is 28.2. The Labute approximate surface area is 255 Å². The predicted molar refractivity (Wildman–Crippen MR) is 172 cm³/mol. The maximum Gasteiger partial charge on any atom is 0.192 e. The Morgan fingerprint density at radius 1 is 0.881 bits per heavy atom. The van der Waals surface area contributed by atoms with Gasteiger partial charge in [0.2, 0.25) is 0 Å². The van der Waals surface area contributed by atoms with E-state index in [0.717, 1.165) is 17.5 Å². The zero-order valence-electron chi connectivity index (χ0n) is 27.2. The molecule has 0 amide bonds. The average Bonchev–Trinajstić information content (AvgIpc) is 3.38. The normalized spacial score (nSPS) is 22.7. The van der Waals surface area contributed by atoms with Gasteiger partial charge in [0.1, 0.15) is 6.10 Å². The zero-order chi connectivity index (χ0) is 30.8. The van der Waals surface area contributed by atoms with E-state index in [2.05, 4.69) is 84.1 Å². The van der Waals surface area contributed by atoms with Gasteiger partial charge in [0, 0.05) is 26.6 Å². The summed E-state index contributed by atoms with van der Waals surface area (Å²) in [7, 11) is 1.55. The molecule has 2 aromatic rings. The van der Waals surface area contributed by atoms with Gasteiger partial charge in [-0.15, -0.1) is 0 Å². The Bertz CT molecular complexity index is 1050. The lowest BCUT2D eigenvalue weighted by atomic mass is 9.94. The highest BCUT2D eigenvalue weighted by molar-refractivity contribution is 6.74. The van der Waals surface area contributed by atoms with Gasteiger partial charge in [-0.3, -0.25) is 0 Å². The second-order valence-electron chi connectivity index (χ2n) is 13.0. The minimum absolute atomic E-state index is 0.0308. The standard InChI is InChI=1S/C35H54O6Si/c1-26(32-22-33(37-7)34(40-32)25-38-23-28-16-12-10-13-17-28)30(39-24-29-18-14-11-15-19-29)20-21-31(36-6)27(2)41-42(8,9)35(3,4)5/h10-21,26-27,30-34H,22-25H2,1-9H3/b21-20+/t26-,27-,30+,31+,32+,33-,34-/m0/s1. The van der Waals surface area contributed by atoms with Gasteiger partial charge in [-0.25, -0.2) is 0 Å². The van der Waals surface area contributed by atoms with Gasteiger partial charge < -0.3 is 28.1 Å². The van der Waals surface area contributed by atoms with E-state index in [-0.39, 0.29) is 47.6 Å². The van der Waals surface area contributed by atoms with E-state index in [1.807, 2.05) is 36.4 Å². The van der Waals surface area contributed by atoms with Crippen LogP contribution in [0.1, 0.15) is 52.2 Å². The van der Waals surface area contributed by atoms with Crippen molar-refractivity contribution in [3.63, 3.8) is 0 Å². The molecular formula is C35H54O6Si. The van der Waals surface area contributed by atoms with Crippen LogP contribution in [0, 0.1) is 5.92 Å². The van der Waals surface area contributed by atoms with E-state index in [0.29, 0.717) is 19.8 Å². The van der Waals surface area contributed by atoms with Gasteiger partial charge in [0.05, 0.1) is 50.3 Å². The lowest BCUT2D eigenvalue weighted by molar-refractivity contribution is -0.0823. The molecule has 7 atom stereocenters. The van der Waals surface area contributed by atoms with Crippen LogP contribution in [0.15, 0.2) is 72.8 Å². The fourth-order valence-electron chi connectivity index (χ4n) is 5.06. The molecule has 0 unspecified atom stereocenters. The molecule has 1 heterocycles. The fraction of sp³-hybridized carbons (Fsp3) is 0.600. The van der Waals surface area contributed by atoms with Gasteiger partial charge in [0.15, 0.2) is 8.32 Å². The Balaban J connectivity index is 1.70. The van der Waals surface area contributed by atoms with Crippen molar-refractivity contribution < 1.29 is 28.1 Å². The van der Waals surface area contributed by atoms with Gasteiger partial charge in [-0.1, -0.05) is 101 Å². The summed E-state index contributed by atoms with van der Waals surface area (Å²) in [6.45, 7) is 17.2. The molecule has 1 aliphatic heterocycles. The summed E-state index contributed by atoms with van der Waals surface area (Å²) >= 11 is 0. The van der Waals surface area contributed by atoms with Gasteiger partial charge in [-0.05, 0) is 36.2 Å². The number of hydrogen-bond acceptors (Lipinski definition) is 6. The third kappa shape index (κ3) is 10.1. The quantitative estimate of drug-likeness (QED) is 0.147. The lowest BCUT2D eigenvalue weighted by Gasteiger charge is -2.39. The first-order chi connectivity index (χ1) is 19.9. The van der Waals surface area contributed by atoms with E-state index in [9.17, 15) is 0 Å². The molecule has 0 N–H and O–H groups in total. The third-order valence-corrected chi connectivity index (χ3v) is 13.4. The number of benzene rings is 2. The summed E-state index contributed by atoms with van der Waals surface area (Å²) in [5.74, 6) is 0.0795. The van der Waals surface area contributed by atoms with Crippen molar-refractivity contribution in [2.75, 3.05) is 20.8 Å². The molecule has 0 bridgehead atoms. The van der Waals surface area contributed by atoms with Gasteiger partial charge in [0.25, 0.3) is 0 Å². The number of rotatable bonds is 16. The molecule has 0 saturated carbocycles. The first-order valence-electron chi connectivity index (χ1n) is 15.3. The molecule has 42 heavy (non-hydrogen) atoms. The number of ether oxygens (including phenoxy) is 5. The molecule has 2 aromatic carbocycles. The van der Waals surface area contributed by atoms with Crippen LogP contribution >= 0.6 is 0 Å². The maximum absolute atomic E-state index is 6.66. The Hall–Kier alpha value is -1.84. The summed E-state index contributed by atoms with van der Waals surface area (Å²) in [5.41, 5.74) is 2.28. The Kier molecular flexibility index (Phi) is 13.4. The lowest BCUT2D eigenvalue weighted by Crippen LogP contribution is -2.46. The average molecular weight is 599 g/mol. The highest BCUT2D eigenvalue weighted by Crippen LogP contribution is 2.38. The fourth-order valence-corrected chi connectivity index (χ4v) is 6.48. The van der Waals surface area contributed by atoms with Crippen LogP contribution in [-0.4, -0.2) is 65.8 Å². The highest BCUT2D eigenvalue weighted by Gasteiger charge is 2.41. The van der Waals surface area contributed by atoms with Crippen LogP contribution in [0.5, 0.6) is 0 Å². The Morgan fingerprint density at radius 2 is 1.45 bits per heavy atom. The molecule has 0 aliphatic carbocycles. The SMILES string of the molecule is CO[C@H]1C[C@H]([C@@H](C)[C@@H](/C=C/[C@@H](OC)[C@H](C)O[Si](C)(C)C(C)(C)C)OCc2ccccc2)O[C@H]1COCc1ccccc1. The van der Waals surface area contributed by atoms with Crippen LogP contribution in [0.3, 0.4) is 0 Å². The van der Waals surface area contributed by atoms with Crippen molar-refractivity contribution in [1.29, 1.82) is 0 Å². The molecular weight excluding hydrogens is 544 g/mol. The van der Waals surface area contributed by atoms with E-state index in [1.165, 1.54) is 0 Å². The van der Waals surface area contributed by atoms with E-state index < -0.39 is 8.32 Å². The smallest absolute Gasteiger partial charge is 0.192 e. The van der Waals surface area contributed by atoms with Crippen molar-refractivity contribution in [2.45, 2.75) is 109 Å². The second-order valence-corrected chi connectivity index (χ2v) is 17.8. The van der Waals surface area contributed by atoms with Crippen LogP contribution < -0.4 is 0 Å². The molecule has 1 fully saturated rings. The molecule has 7 heteroatoms. The number of hydrogen-bond donors (Lipinski definition) is 0. The van der Waals surface area contributed by atoms with Crippen LogP contribution in [0.25, 0.3) is 0 Å². The molecule has 3 rings (SSSR count). The van der Waals surface area contributed by atoms with Crippen LogP contribution in [0.2, 0.25) is 18.1 Å². The molecule has 0 spiro atoms. The summed E-state index contributed by atoms with van der Waals surface area (Å²) in [4.78, 5) is 0. The molecule has 0 radical (unpaired) electrons. The third-order valence-electron chi connectivity index (χ3n) is 8.83. The van der Waals surface area contributed by atoms with Crippen molar-refractivity contribution in [1.82, 2.24) is 0 Å². The molecule has 1 saturated heterocycles. The predicted octanol–water partition coefficient (Wildman–Crippen LogP) is 7.58. The van der Waals surface area contributed by atoms with E-state index >= 15 is 0 Å². The summed E-state index contributed by atoms with van der Waals surface area (Å²) < 4.78 is 37.6. The summed E-state index contributed by atoms with van der Waals surface area (Å²) in [5, 5.41) is 0.123. The largest absolute Gasteiger partial charge is 0.411 e. The minimum Gasteiger partial charge on any atom is -0.411 e. The van der Waals surface area contributed by atoms with E-state index in [4.69, 9.17) is 28.1 Å². The van der Waals surface area contributed by atoms with Crippen LogP contribution in [0.4, 0.5) is 0 Å². The second kappa shape index (κ2) is 16.3. The molecule has 6 nitrogen and oxygen atoms in total. The minimum atomic E-state index is -1.95. The number of methoxy groups -OCH3 is 2. The first kappa shape index (κ1) is 34.6. The Morgan fingerprint density at radius 3 is 2.00 bits per heavy atom. The molecule has 234 valence electrons. The molecule has 1 aliphatic rings. The maximum atomic E-state index is 6.66. The van der Waals surface area contributed by atoms with Crippen molar-refractivity contribution >= 4 is 8.32 Å². The topological polar surface area (TPSA) is 55.4 Å². The molecule has 0 aromatic heterocycles. The van der Waals surface area contributed by atoms with Crippen molar-refractivity contribution in [3.8, 4) is 0 Å². The summed E-state index contributed by atoms with van der Waals surface area (Å²) in [6.07, 6.45) is 4.38. The van der Waals surface area contributed by atoms with Gasteiger partial charge in [-0.2, -0.15) is 0 Å². The van der Waals surface area contributed by atoms with Crippen LogP contribution in [-0.2, 0) is 41.3 Å². The van der Waals surface area contributed by atoms with E-state index in [1.54, 1.807) is 14.2 Å².